The molecule has 0 atom stereocenters. The van der Waals surface area contributed by atoms with Crippen molar-refractivity contribution >= 4 is 59.4 Å². The van der Waals surface area contributed by atoms with E-state index in [-0.39, 0.29) is 5.91 Å². The first-order valence-corrected chi connectivity index (χ1v) is 7.03. The van der Waals surface area contributed by atoms with Crippen LogP contribution in [0, 0.1) is 16.7 Å². The normalized spacial score (nSPS) is 10.8. The molecule has 0 aliphatic heterocycles. The Morgan fingerprint density at radius 1 is 1.29 bits per heavy atom. The molecular weight excluding hydrogens is 416 g/mol. The zero-order valence-corrected chi connectivity index (χ0v) is 13.9. The summed E-state index contributed by atoms with van der Waals surface area (Å²) in [5.41, 5.74) is -0.451. The number of amides is 1. The molecule has 1 amide bonds. The summed E-state index contributed by atoms with van der Waals surface area (Å²) >= 11 is 10.1. The van der Waals surface area contributed by atoms with Crippen LogP contribution < -0.4 is 5.32 Å². The molecule has 0 aliphatic carbocycles. The van der Waals surface area contributed by atoms with E-state index >= 15 is 0 Å². The molecule has 0 fully saturated rings. The van der Waals surface area contributed by atoms with Gasteiger partial charge in [0.05, 0.1) is 11.8 Å². The minimum Gasteiger partial charge on any atom is -0.323 e. The van der Waals surface area contributed by atoms with Crippen LogP contribution in [-0.2, 0) is 4.79 Å². The second kappa shape index (κ2) is 5.51. The smallest absolute Gasteiger partial charge is 0.244 e. The zero-order chi connectivity index (χ0) is 13.2. The van der Waals surface area contributed by atoms with Gasteiger partial charge in [-0.15, -0.1) is 0 Å². The molecule has 0 aliphatic rings. The summed E-state index contributed by atoms with van der Waals surface area (Å²) in [7, 11) is 0. The Kier molecular flexibility index (Phi) is 4.76. The van der Waals surface area contributed by atoms with Crippen molar-refractivity contribution in [2.45, 2.75) is 13.8 Å². The van der Waals surface area contributed by atoms with Crippen LogP contribution in [0.5, 0.6) is 0 Å². The number of carbonyl (C=O) groups excluding carboxylic acids is 1. The fourth-order valence-electron chi connectivity index (χ4n) is 0.982. The first-order valence-electron chi connectivity index (χ1n) is 4.65. The molecule has 0 bridgehead atoms. The molecule has 0 aromatic heterocycles. The Labute approximate surface area is 125 Å². The second-order valence-electron chi connectivity index (χ2n) is 3.94. The van der Waals surface area contributed by atoms with Crippen molar-refractivity contribution in [2.75, 3.05) is 5.32 Å². The van der Waals surface area contributed by atoms with Crippen molar-refractivity contribution in [3.8, 4) is 6.07 Å². The average Bonchev–Trinajstić information content (AvgIpc) is 2.22. The summed E-state index contributed by atoms with van der Waals surface area (Å²) in [4.78, 5) is 11.9. The van der Waals surface area contributed by atoms with E-state index in [1.807, 2.05) is 18.2 Å². The van der Waals surface area contributed by atoms with Gasteiger partial charge in [-0.2, -0.15) is 5.26 Å². The number of carbonyl (C=O) groups is 1. The molecule has 0 saturated heterocycles. The standard InChI is InChI=1S/C11H9Br3N2O/c1-11(2,5-15)10(17)16-9-7(13)3-6(12)4-8(9)14/h3-4H,1-2H3,(H,16,17). The number of nitrogens with zero attached hydrogens (tertiary/aromatic N) is 1. The Bertz CT molecular complexity index is 483. The third-order valence-electron chi connectivity index (χ3n) is 2.09. The highest BCUT2D eigenvalue weighted by molar-refractivity contribution is 9.11. The van der Waals surface area contributed by atoms with Crippen LogP contribution in [0.2, 0.25) is 0 Å². The van der Waals surface area contributed by atoms with Crippen LogP contribution in [0.1, 0.15) is 13.8 Å². The Morgan fingerprint density at radius 3 is 2.18 bits per heavy atom. The van der Waals surface area contributed by atoms with Crippen LogP contribution >= 0.6 is 47.8 Å². The predicted octanol–water partition coefficient (Wildman–Crippen LogP) is 4.46. The lowest BCUT2D eigenvalue weighted by atomic mass is 9.95. The molecule has 17 heavy (non-hydrogen) atoms. The molecule has 0 unspecified atom stereocenters. The van der Waals surface area contributed by atoms with Gasteiger partial charge >= 0.3 is 0 Å². The maximum atomic E-state index is 11.9. The van der Waals surface area contributed by atoms with E-state index in [2.05, 4.69) is 53.1 Å². The summed E-state index contributed by atoms with van der Waals surface area (Å²) in [5.74, 6) is -0.344. The van der Waals surface area contributed by atoms with Gasteiger partial charge in [-0.3, -0.25) is 4.79 Å². The van der Waals surface area contributed by atoms with Crippen molar-refractivity contribution in [2.24, 2.45) is 5.41 Å². The molecular formula is C11H9Br3N2O. The summed E-state index contributed by atoms with van der Waals surface area (Å²) in [5, 5.41) is 11.6. The van der Waals surface area contributed by atoms with Gasteiger partial charge in [0.25, 0.3) is 0 Å². The predicted molar refractivity (Wildman–Crippen MR) is 77.6 cm³/mol. The summed E-state index contributed by atoms with van der Waals surface area (Å²) in [6.45, 7) is 3.14. The van der Waals surface area contributed by atoms with E-state index in [1.165, 1.54) is 0 Å². The first kappa shape index (κ1) is 14.7. The highest BCUT2D eigenvalue weighted by atomic mass is 79.9. The van der Waals surface area contributed by atoms with Crippen molar-refractivity contribution in [1.82, 2.24) is 0 Å². The monoisotopic (exact) mass is 422 g/mol. The van der Waals surface area contributed by atoms with Crippen molar-refractivity contribution in [3.05, 3.63) is 25.6 Å². The van der Waals surface area contributed by atoms with Crippen LogP contribution in [0.3, 0.4) is 0 Å². The Morgan fingerprint density at radius 2 is 1.76 bits per heavy atom. The number of anilines is 1. The van der Waals surface area contributed by atoms with Gasteiger partial charge in [0, 0.05) is 13.4 Å². The number of rotatable bonds is 2. The van der Waals surface area contributed by atoms with Crippen molar-refractivity contribution < 1.29 is 4.79 Å². The number of halogens is 3. The fraction of sp³-hybridized carbons (Fsp3) is 0.273. The number of hydrogen-bond donors (Lipinski definition) is 1. The summed E-state index contributed by atoms with van der Waals surface area (Å²) in [6.07, 6.45) is 0. The number of nitriles is 1. The van der Waals surface area contributed by atoms with Gasteiger partial charge in [-0.1, -0.05) is 15.9 Å². The Hall–Kier alpha value is -0.380. The van der Waals surface area contributed by atoms with Gasteiger partial charge in [-0.25, -0.2) is 0 Å². The van der Waals surface area contributed by atoms with Crippen LogP contribution in [0.15, 0.2) is 25.6 Å². The molecule has 1 N–H and O–H groups in total. The SMILES string of the molecule is CC(C)(C#N)C(=O)Nc1c(Br)cc(Br)cc1Br. The summed E-state index contributed by atoms with van der Waals surface area (Å²) in [6, 6.07) is 5.60. The third kappa shape index (κ3) is 3.54. The van der Waals surface area contributed by atoms with Gasteiger partial charge in [0.1, 0.15) is 5.41 Å². The summed E-state index contributed by atoms with van der Waals surface area (Å²) < 4.78 is 2.36. The van der Waals surface area contributed by atoms with Crippen LogP contribution in [-0.4, -0.2) is 5.91 Å². The number of benzene rings is 1. The van der Waals surface area contributed by atoms with Gasteiger partial charge in [0.15, 0.2) is 0 Å². The largest absolute Gasteiger partial charge is 0.323 e. The molecule has 0 spiro atoms. The van der Waals surface area contributed by atoms with E-state index in [4.69, 9.17) is 5.26 Å². The minimum absolute atomic E-state index is 0.344. The molecule has 0 heterocycles. The first-order chi connectivity index (χ1) is 7.77. The maximum Gasteiger partial charge on any atom is 0.244 e. The van der Waals surface area contributed by atoms with E-state index in [1.54, 1.807) is 13.8 Å². The van der Waals surface area contributed by atoms with E-state index < -0.39 is 5.41 Å². The number of nitrogens with one attached hydrogen (secondary N) is 1. The van der Waals surface area contributed by atoms with Crippen LogP contribution in [0.25, 0.3) is 0 Å². The van der Waals surface area contributed by atoms with Crippen molar-refractivity contribution in [3.63, 3.8) is 0 Å². The molecule has 1 rings (SSSR count). The van der Waals surface area contributed by atoms with E-state index in [0.717, 1.165) is 13.4 Å². The third-order valence-corrected chi connectivity index (χ3v) is 3.80. The van der Waals surface area contributed by atoms with Crippen molar-refractivity contribution in [1.29, 1.82) is 5.26 Å². The minimum atomic E-state index is -1.06. The lowest BCUT2D eigenvalue weighted by Crippen LogP contribution is -2.29. The topological polar surface area (TPSA) is 52.9 Å². The van der Waals surface area contributed by atoms with E-state index in [0.29, 0.717) is 5.69 Å². The lowest BCUT2D eigenvalue weighted by molar-refractivity contribution is -0.121. The quantitative estimate of drug-likeness (QED) is 0.761. The lowest BCUT2D eigenvalue weighted by Gasteiger charge is -2.17. The molecule has 6 heteroatoms. The Balaban J connectivity index is 3.06. The maximum absolute atomic E-state index is 11.9. The average molecular weight is 425 g/mol. The molecule has 0 radical (unpaired) electrons. The molecule has 0 saturated carbocycles. The van der Waals surface area contributed by atoms with Gasteiger partial charge in [-0.05, 0) is 57.8 Å². The number of hydrogen-bond acceptors (Lipinski definition) is 2. The molecule has 90 valence electrons. The zero-order valence-electron chi connectivity index (χ0n) is 9.14. The highest BCUT2D eigenvalue weighted by Crippen LogP contribution is 2.35. The molecule has 3 nitrogen and oxygen atoms in total. The van der Waals surface area contributed by atoms with Gasteiger partial charge < -0.3 is 5.32 Å². The van der Waals surface area contributed by atoms with Crippen LogP contribution in [0.4, 0.5) is 5.69 Å². The van der Waals surface area contributed by atoms with E-state index in [9.17, 15) is 4.79 Å². The second-order valence-corrected chi connectivity index (χ2v) is 6.56. The fourth-order valence-corrected chi connectivity index (χ4v) is 3.44. The molecule has 1 aromatic rings. The highest BCUT2D eigenvalue weighted by Gasteiger charge is 2.28. The molecule has 1 aromatic carbocycles. The van der Waals surface area contributed by atoms with Gasteiger partial charge in [0.2, 0.25) is 5.91 Å².